The van der Waals surface area contributed by atoms with E-state index >= 15 is 0 Å². The maximum Gasteiger partial charge on any atom is 0.0195 e. The monoisotopic (exact) mass is 263 g/mol. The standard InChI is InChI=1S/C16H25NS/c1-12(2)18-11-16(17-3)10-13-7-8-14-5-4-6-15(14)9-13/h7-9,12,16-17H,4-6,10-11H2,1-3H3. The van der Waals surface area contributed by atoms with Gasteiger partial charge in [0.25, 0.3) is 0 Å². The molecule has 0 saturated heterocycles. The van der Waals surface area contributed by atoms with Gasteiger partial charge in [0.1, 0.15) is 0 Å². The fraction of sp³-hybridized carbons (Fsp3) is 0.625. The van der Waals surface area contributed by atoms with Crippen LogP contribution in [0.5, 0.6) is 0 Å². The number of hydrogen-bond donors (Lipinski definition) is 1. The van der Waals surface area contributed by atoms with Gasteiger partial charge in [-0.05, 0) is 54.7 Å². The third kappa shape index (κ3) is 3.76. The first-order chi connectivity index (χ1) is 8.69. The Morgan fingerprint density at radius 1 is 1.22 bits per heavy atom. The average molecular weight is 263 g/mol. The second-order valence-corrected chi connectivity index (χ2v) is 7.14. The number of thioether (sulfide) groups is 1. The van der Waals surface area contributed by atoms with E-state index in [2.05, 4.69) is 44.4 Å². The molecular weight excluding hydrogens is 238 g/mol. The average Bonchev–Trinajstić information content (AvgIpc) is 2.81. The number of rotatable bonds is 6. The van der Waals surface area contributed by atoms with Crippen molar-refractivity contribution in [2.24, 2.45) is 0 Å². The molecule has 18 heavy (non-hydrogen) atoms. The molecule has 1 atom stereocenters. The summed E-state index contributed by atoms with van der Waals surface area (Å²) in [6.45, 7) is 4.54. The molecule has 1 aliphatic carbocycles. The molecule has 0 spiro atoms. The quantitative estimate of drug-likeness (QED) is 0.843. The molecule has 1 aromatic rings. The van der Waals surface area contributed by atoms with Crippen LogP contribution in [0.15, 0.2) is 18.2 Å². The van der Waals surface area contributed by atoms with Gasteiger partial charge in [0, 0.05) is 11.8 Å². The van der Waals surface area contributed by atoms with Crippen molar-refractivity contribution in [3.05, 3.63) is 34.9 Å². The van der Waals surface area contributed by atoms with Gasteiger partial charge in [-0.15, -0.1) is 0 Å². The van der Waals surface area contributed by atoms with Crippen LogP contribution in [-0.4, -0.2) is 24.1 Å². The van der Waals surface area contributed by atoms with Crippen molar-refractivity contribution in [1.29, 1.82) is 0 Å². The molecule has 2 heteroatoms. The lowest BCUT2D eigenvalue weighted by molar-refractivity contribution is 0.616. The first-order valence-electron chi connectivity index (χ1n) is 7.08. The number of hydrogen-bond acceptors (Lipinski definition) is 2. The lowest BCUT2D eigenvalue weighted by atomic mass is 10.0. The fourth-order valence-electron chi connectivity index (χ4n) is 2.59. The molecule has 0 fully saturated rings. The summed E-state index contributed by atoms with van der Waals surface area (Å²) >= 11 is 2.05. The smallest absolute Gasteiger partial charge is 0.0195 e. The summed E-state index contributed by atoms with van der Waals surface area (Å²) in [6, 6.07) is 7.71. The van der Waals surface area contributed by atoms with Crippen molar-refractivity contribution < 1.29 is 0 Å². The van der Waals surface area contributed by atoms with Crippen molar-refractivity contribution in [2.45, 2.75) is 50.8 Å². The summed E-state index contributed by atoms with van der Waals surface area (Å²) in [5, 5.41) is 4.18. The molecule has 0 bridgehead atoms. The number of aryl methyl sites for hydroxylation is 2. The van der Waals surface area contributed by atoms with Crippen LogP contribution in [0, 0.1) is 0 Å². The number of likely N-dealkylation sites (N-methyl/N-ethyl adjacent to an activating group) is 1. The minimum Gasteiger partial charge on any atom is -0.316 e. The molecule has 0 radical (unpaired) electrons. The van der Waals surface area contributed by atoms with E-state index in [4.69, 9.17) is 0 Å². The second kappa shape index (κ2) is 6.63. The Labute approximate surface area is 116 Å². The molecule has 1 nitrogen and oxygen atoms in total. The van der Waals surface area contributed by atoms with E-state index in [1.54, 1.807) is 11.1 Å². The highest BCUT2D eigenvalue weighted by atomic mass is 32.2. The maximum absolute atomic E-state index is 3.45. The Hall–Kier alpha value is -0.470. The number of fused-ring (bicyclic) bond motifs is 1. The van der Waals surface area contributed by atoms with Gasteiger partial charge in [-0.3, -0.25) is 0 Å². The number of nitrogens with one attached hydrogen (secondary N) is 1. The van der Waals surface area contributed by atoms with Crippen molar-refractivity contribution in [3.8, 4) is 0 Å². The Balaban J connectivity index is 1.94. The van der Waals surface area contributed by atoms with Crippen LogP contribution < -0.4 is 5.32 Å². The van der Waals surface area contributed by atoms with E-state index in [1.165, 1.54) is 30.6 Å². The molecule has 1 N–H and O–H groups in total. The van der Waals surface area contributed by atoms with E-state index in [0.717, 1.165) is 11.7 Å². The van der Waals surface area contributed by atoms with Crippen molar-refractivity contribution in [2.75, 3.05) is 12.8 Å². The molecule has 1 aliphatic rings. The molecule has 2 rings (SSSR count). The van der Waals surface area contributed by atoms with Gasteiger partial charge in [0.15, 0.2) is 0 Å². The summed E-state index contributed by atoms with van der Waals surface area (Å²) in [5.74, 6) is 1.20. The predicted octanol–water partition coefficient (Wildman–Crippen LogP) is 3.45. The van der Waals surface area contributed by atoms with Gasteiger partial charge >= 0.3 is 0 Å². The Morgan fingerprint density at radius 3 is 2.72 bits per heavy atom. The van der Waals surface area contributed by atoms with Crippen molar-refractivity contribution >= 4 is 11.8 Å². The summed E-state index contributed by atoms with van der Waals surface area (Å²) < 4.78 is 0. The van der Waals surface area contributed by atoms with Crippen LogP contribution >= 0.6 is 11.8 Å². The molecule has 0 aromatic heterocycles. The van der Waals surface area contributed by atoms with E-state index in [-0.39, 0.29) is 0 Å². The van der Waals surface area contributed by atoms with Gasteiger partial charge in [0.05, 0.1) is 0 Å². The topological polar surface area (TPSA) is 12.0 Å². The summed E-state index contributed by atoms with van der Waals surface area (Å²) in [7, 11) is 2.08. The van der Waals surface area contributed by atoms with Crippen LogP contribution in [-0.2, 0) is 19.3 Å². The van der Waals surface area contributed by atoms with Crippen LogP contribution in [0.3, 0.4) is 0 Å². The Kier molecular flexibility index (Phi) is 5.13. The third-order valence-corrected chi connectivity index (χ3v) is 4.95. The van der Waals surface area contributed by atoms with E-state index in [0.29, 0.717) is 6.04 Å². The summed E-state index contributed by atoms with van der Waals surface area (Å²) in [5.41, 5.74) is 4.68. The minimum atomic E-state index is 0.594. The highest BCUT2D eigenvalue weighted by molar-refractivity contribution is 7.99. The molecule has 0 amide bonds. The number of benzene rings is 1. The largest absolute Gasteiger partial charge is 0.316 e. The normalized spacial score (nSPS) is 16.0. The lowest BCUT2D eigenvalue weighted by Gasteiger charge is -2.17. The minimum absolute atomic E-state index is 0.594. The van der Waals surface area contributed by atoms with E-state index in [1.807, 2.05) is 11.8 Å². The Morgan fingerprint density at radius 2 is 2.00 bits per heavy atom. The molecule has 1 unspecified atom stereocenters. The SMILES string of the molecule is CNC(CSC(C)C)Cc1ccc2c(c1)CCC2. The molecule has 100 valence electrons. The zero-order valence-corrected chi connectivity index (χ0v) is 12.6. The summed E-state index contributed by atoms with van der Waals surface area (Å²) in [4.78, 5) is 0. The van der Waals surface area contributed by atoms with Gasteiger partial charge in [-0.2, -0.15) is 11.8 Å². The van der Waals surface area contributed by atoms with Crippen molar-refractivity contribution in [3.63, 3.8) is 0 Å². The van der Waals surface area contributed by atoms with Gasteiger partial charge in [-0.25, -0.2) is 0 Å². The molecule has 0 heterocycles. The molecule has 1 aromatic carbocycles. The zero-order chi connectivity index (χ0) is 13.0. The second-order valence-electron chi connectivity index (χ2n) is 5.53. The van der Waals surface area contributed by atoms with Crippen molar-refractivity contribution in [1.82, 2.24) is 5.32 Å². The van der Waals surface area contributed by atoms with E-state index < -0.39 is 0 Å². The van der Waals surface area contributed by atoms with Crippen LogP contribution in [0.2, 0.25) is 0 Å². The lowest BCUT2D eigenvalue weighted by Crippen LogP contribution is -2.30. The zero-order valence-electron chi connectivity index (χ0n) is 11.8. The molecular formula is C16H25NS. The van der Waals surface area contributed by atoms with Crippen LogP contribution in [0.25, 0.3) is 0 Å². The van der Waals surface area contributed by atoms with Crippen LogP contribution in [0.4, 0.5) is 0 Å². The summed E-state index contributed by atoms with van der Waals surface area (Å²) in [6.07, 6.45) is 5.07. The first kappa shape index (κ1) is 14.0. The highest BCUT2D eigenvalue weighted by Gasteiger charge is 2.13. The van der Waals surface area contributed by atoms with Gasteiger partial charge in [-0.1, -0.05) is 32.0 Å². The fourth-order valence-corrected chi connectivity index (χ4v) is 3.49. The molecule has 0 saturated carbocycles. The first-order valence-corrected chi connectivity index (χ1v) is 8.13. The van der Waals surface area contributed by atoms with Crippen LogP contribution in [0.1, 0.15) is 37.0 Å². The van der Waals surface area contributed by atoms with E-state index in [9.17, 15) is 0 Å². The predicted molar refractivity (Wildman–Crippen MR) is 82.6 cm³/mol. The molecule has 0 aliphatic heterocycles. The van der Waals surface area contributed by atoms with Gasteiger partial charge in [0.2, 0.25) is 0 Å². The van der Waals surface area contributed by atoms with Gasteiger partial charge < -0.3 is 5.32 Å². The highest BCUT2D eigenvalue weighted by Crippen LogP contribution is 2.23. The third-order valence-electron chi connectivity index (χ3n) is 3.68. The maximum atomic E-state index is 3.45. The Bertz CT molecular complexity index is 387.